The summed E-state index contributed by atoms with van der Waals surface area (Å²) in [6, 6.07) is 29.3. The molecule has 0 aliphatic rings. The smallest absolute Gasteiger partial charge is 0.275 e. The highest BCUT2D eigenvalue weighted by Crippen LogP contribution is 2.33. The van der Waals surface area contributed by atoms with E-state index >= 15 is 0 Å². The van der Waals surface area contributed by atoms with Gasteiger partial charge in [0.05, 0.1) is 11.4 Å². The van der Waals surface area contributed by atoms with Crippen LogP contribution >= 0.6 is 22.9 Å². The fourth-order valence-electron chi connectivity index (χ4n) is 4.24. The third-order valence-corrected chi connectivity index (χ3v) is 7.37. The van der Waals surface area contributed by atoms with E-state index in [-0.39, 0.29) is 5.56 Å². The molecule has 3 aromatic heterocycles. The van der Waals surface area contributed by atoms with Crippen molar-refractivity contribution in [1.82, 2.24) is 9.38 Å². The van der Waals surface area contributed by atoms with E-state index < -0.39 is 0 Å². The Bertz CT molecular complexity index is 1780. The monoisotopic (exact) mass is 494 g/mol. The Morgan fingerprint density at radius 3 is 2.34 bits per heavy atom. The van der Waals surface area contributed by atoms with Gasteiger partial charge < -0.3 is 4.42 Å². The zero-order valence-electron chi connectivity index (χ0n) is 18.7. The molecule has 0 bridgehead atoms. The summed E-state index contributed by atoms with van der Waals surface area (Å²) in [7, 11) is 0. The molecule has 0 saturated carbocycles. The summed E-state index contributed by atoms with van der Waals surface area (Å²) in [6.45, 7) is 1.96. The van der Waals surface area contributed by atoms with Crippen molar-refractivity contribution in [1.29, 1.82) is 0 Å². The Morgan fingerprint density at radius 1 is 0.886 bits per heavy atom. The SMILES string of the molecule is Cc1c(Cl)cccc1-c1ccc(/C=c2\sc3nc(-c4ccccc4)c(-c4ccccc4)n3c2=O)o1. The number of hydrogen-bond donors (Lipinski definition) is 0. The number of aromatic nitrogens is 2. The lowest BCUT2D eigenvalue weighted by Crippen LogP contribution is -2.23. The van der Waals surface area contributed by atoms with E-state index in [9.17, 15) is 4.79 Å². The van der Waals surface area contributed by atoms with Crippen molar-refractivity contribution >= 4 is 34.0 Å². The molecule has 6 aromatic rings. The molecule has 6 heteroatoms. The topological polar surface area (TPSA) is 47.5 Å². The molecule has 3 aromatic carbocycles. The first-order chi connectivity index (χ1) is 17.1. The molecule has 0 radical (unpaired) electrons. The van der Waals surface area contributed by atoms with Gasteiger partial charge in [-0.2, -0.15) is 0 Å². The minimum absolute atomic E-state index is 0.115. The van der Waals surface area contributed by atoms with E-state index in [4.69, 9.17) is 21.0 Å². The molecule has 0 aliphatic heterocycles. The van der Waals surface area contributed by atoms with Crippen molar-refractivity contribution in [3.05, 3.63) is 122 Å². The highest BCUT2D eigenvalue weighted by molar-refractivity contribution is 7.15. The van der Waals surface area contributed by atoms with Gasteiger partial charge in [-0.25, -0.2) is 9.38 Å². The van der Waals surface area contributed by atoms with Crippen LogP contribution in [0.15, 0.2) is 100 Å². The summed E-state index contributed by atoms with van der Waals surface area (Å²) in [4.78, 5) is 19.1. The van der Waals surface area contributed by atoms with Crippen molar-refractivity contribution in [2.24, 2.45) is 0 Å². The summed E-state index contributed by atoms with van der Waals surface area (Å²) in [5.41, 5.74) is 5.27. The summed E-state index contributed by atoms with van der Waals surface area (Å²) in [6.07, 6.45) is 1.78. The number of furan rings is 1. The molecule has 0 fully saturated rings. The molecule has 0 spiro atoms. The summed E-state index contributed by atoms with van der Waals surface area (Å²) in [5, 5.41) is 0.688. The van der Waals surface area contributed by atoms with Crippen LogP contribution in [0.5, 0.6) is 0 Å². The quantitative estimate of drug-likeness (QED) is 0.269. The van der Waals surface area contributed by atoms with Gasteiger partial charge in [-0.05, 0) is 30.7 Å². The van der Waals surface area contributed by atoms with Crippen molar-refractivity contribution in [3.8, 4) is 33.8 Å². The van der Waals surface area contributed by atoms with Crippen molar-refractivity contribution in [3.63, 3.8) is 0 Å². The van der Waals surface area contributed by atoms with Gasteiger partial charge in [0.1, 0.15) is 16.1 Å². The molecule has 170 valence electrons. The molecule has 4 nitrogen and oxygen atoms in total. The molecule has 0 aliphatic carbocycles. The minimum Gasteiger partial charge on any atom is -0.457 e. The maximum absolute atomic E-state index is 13.6. The summed E-state index contributed by atoms with van der Waals surface area (Å²) < 4.78 is 8.34. The van der Waals surface area contributed by atoms with Gasteiger partial charge in [0, 0.05) is 27.8 Å². The van der Waals surface area contributed by atoms with E-state index in [0.29, 0.717) is 26.0 Å². The van der Waals surface area contributed by atoms with Crippen LogP contribution in [0.4, 0.5) is 0 Å². The van der Waals surface area contributed by atoms with Crippen molar-refractivity contribution in [2.75, 3.05) is 0 Å². The molecule has 35 heavy (non-hydrogen) atoms. The van der Waals surface area contributed by atoms with Crippen LogP contribution in [0.25, 0.3) is 44.9 Å². The Kier molecular flexibility index (Phi) is 5.36. The third-order valence-electron chi connectivity index (χ3n) is 5.99. The van der Waals surface area contributed by atoms with Gasteiger partial charge in [0.15, 0.2) is 4.96 Å². The first-order valence-electron chi connectivity index (χ1n) is 11.1. The summed E-state index contributed by atoms with van der Waals surface area (Å²) >= 11 is 7.63. The number of hydrogen-bond acceptors (Lipinski definition) is 4. The van der Waals surface area contributed by atoms with E-state index in [1.807, 2.05) is 97.9 Å². The van der Waals surface area contributed by atoms with Crippen LogP contribution in [0.3, 0.4) is 0 Å². The third kappa shape index (κ3) is 3.79. The standard InChI is InChI=1S/C29H19ClN2O2S/c1-18-22(13-8-14-23(18)30)24-16-15-21(34-24)17-25-28(33)32-27(20-11-6-3-7-12-20)26(31-29(32)35-25)19-9-4-2-5-10-19/h2-17H,1H3/b25-17-. The van der Waals surface area contributed by atoms with E-state index in [1.165, 1.54) is 11.3 Å². The highest BCUT2D eigenvalue weighted by Gasteiger charge is 2.20. The molecule has 0 saturated heterocycles. The Hall–Kier alpha value is -3.93. The Morgan fingerprint density at radius 2 is 1.60 bits per heavy atom. The lowest BCUT2D eigenvalue weighted by atomic mass is 10.1. The first kappa shape index (κ1) is 21.6. The zero-order valence-corrected chi connectivity index (χ0v) is 20.3. The number of halogens is 1. The molecule has 0 N–H and O–H groups in total. The van der Waals surface area contributed by atoms with Crippen molar-refractivity contribution < 1.29 is 4.42 Å². The number of imidazole rings is 1. The van der Waals surface area contributed by atoms with Crippen LogP contribution < -0.4 is 10.1 Å². The molecule has 0 unspecified atom stereocenters. The lowest BCUT2D eigenvalue weighted by Gasteiger charge is -2.04. The fourth-order valence-corrected chi connectivity index (χ4v) is 5.37. The second-order valence-corrected chi connectivity index (χ2v) is 9.61. The van der Waals surface area contributed by atoms with Crippen LogP contribution in [0.1, 0.15) is 11.3 Å². The van der Waals surface area contributed by atoms with Gasteiger partial charge in [-0.3, -0.25) is 4.79 Å². The average molecular weight is 495 g/mol. The molecule has 3 heterocycles. The number of rotatable bonds is 4. The van der Waals surface area contributed by atoms with Crippen LogP contribution in [-0.2, 0) is 0 Å². The largest absolute Gasteiger partial charge is 0.457 e. The van der Waals surface area contributed by atoms with Crippen LogP contribution in [0.2, 0.25) is 5.02 Å². The lowest BCUT2D eigenvalue weighted by molar-refractivity contribution is 0.571. The molecular formula is C29H19ClN2O2S. The van der Waals surface area contributed by atoms with Gasteiger partial charge in [0.2, 0.25) is 0 Å². The van der Waals surface area contributed by atoms with E-state index in [0.717, 1.165) is 33.6 Å². The number of thiazole rings is 1. The second kappa shape index (κ2) is 8.69. The summed E-state index contributed by atoms with van der Waals surface area (Å²) in [5.74, 6) is 1.31. The van der Waals surface area contributed by atoms with Crippen molar-refractivity contribution in [2.45, 2.75) is 6.92 Å². The zero-order chi connectivity index (χ0) is 23.9. The number of fused-ring (bicyclic) bond motifs is 1. The predicted molar refractivity (Wildman–Crippen MR) is 143 cm³/mol. The Labute approximate surface area is 210 Å². The Balaban J connectivity index is 1.51. The predicted octanol–water partition coefficient (Wildman–Crippen LogP) is 6.86. The molecule has 0 atom stereocenters. The van der Waals surface area contributed by atoms with E-state index in [1.54, 1.807) is 10.5 Å². The first-order valence-corrected chi connectivity index (χ1v) is 12.3. The second-order valence-electron chi connectivity index (χ2n) is 8.19. The van der Waals surface area contributed by atoms with Gasteiger partial charge in [-0.15, -0.1) is 0 Å². The maximum Gasteiger partial charge on any atom is 0.275 e. The van der Waals surface area contributed by atoms with Crippen LogP contribution in [0, 0.1) is 6.92 Å². The highest BCUT2D eigenvalue weighted by atomic mass is 35.5. The van der Waals surface area contributed by atoms with Gasteiger partial charge in [0.25, 0.3) is 5.56 Å². The number of benzene rings is 3. The maximum atomic E-state index is 13.6. The molecule has 0 amide bonds. The fraction of sp³-hybridized carbons (Fsp3) is 0.0345. The average Bonchev–Trinajstić information content (AvgIpc) is 3.58. The molecular weight excluding hydrogens is 476 g/mol. The van der Waals surface area contributed by atoms with Gasteiger partial charge in [-0.1, -0.05) is 95.7 Å². The van der Waals surface area contributed by atoms with Crippen LogP contribution in [-0.4, -0.2) is 9.38 Å². The van der Waals surface area contributed by atoms with Gasteiger partial charge >= 0.3 is 0 Å². The van der Waals surface area contributed by atoms with E-state index in [2.05, 4.69) is 0 Å². The minimum atomic E-state index is -0.115. The normalized spacial score (nSPS) is 12.0. The number of nitrogens with zero attached hydrogens (tertiary/aromatic N) is 2. The molecule has 6 rings (SSSR count).